The van der Waals surface area contributed by atoms with Gasteiger partial charge in [0, 0.05) is 29.3 Å². The van der Waals surface area contributed by atoms with Crippen molar-refractivity contribution in [3.05, 3.63) is 108 Å². The Morgan fingerprint density at radius 2 is 1.67 bits per heavy atom. The number of anilines is 1. The van der Waals surface area contributed by atoms with E-state index in [0.29, 0.717) is 16.8 Å². The number of aryl methyl sites for hydroxylation is 1. The molecule has 1 heterocycles. The summed E-state index contributed by atoms with van der Waals surface area (Å²) in [4.78, 5) is 40.6. The number of carbonyl (C=O) groups is 3. The maximum absolute atomic E-state index is 13.9. The topological polar surface area (TPSA) is 98.5 Å². The first kappa shape index (κ1) is 24.5. The number of oxazole rings is 1. The van der Waals surface area contributed by atoms with Gasteiger partial charge in [-0.05, 0) is 48.5 Å². The lowest BCUT2D eigenvalue weighted by atomic mass is 10.1. The van der Waals surface area contributed by atoms with Gasteiger partial charge in [0.1, 0.15) is 11.6 Å². The average Bonchev–Trinajstić information content (AvgIpc) is 3.35. The minimum absolute atomic E-state index is 0.0500. The fourth-order valence-corrected chi connectivity index (χ4v) is 3.28. The molecule has 0 atom stereocenters. The lowest BCUT2D eigenvalue weighted by Crippen LogP contribution is -2.15. The minimum Gasteiger partial charge on any atom is -0.457 e. The first-order valence-electron chi connectivity index (χ1n) is 10.9. The van der Waals surface area contributed by atoms with Crippen LogP contribution in [0, 0.1) is 11.6 Å². The normalized spacial score (nSPS) is 10.6. The molecule has 36 heavy (non-hydrogen) atoms. The molecular formula is C27H20F2N2O5. The van der Waals surface area contributed by atoms with Crippen molar-refractivity contribution < 1.29 is 32.3 Å². The second-order valence-corrected chi connectivity index (χ2v) is 7.72. The molecular weight excluding hydrogens is 470 g/mol. The van der Waals surface area contributed by atoms with E-state index in [4.69, 9.17) is 9.15 Å². The second-order valence-electron chi connectivity index (χ2n) is 7.72. The highest BCUT2D eigenvalue weighted by Gasteiger charge is 2.15. The van der Waals surface area contributed by atoms with Crippen molar-refractivity contribution in [1.82, 2.24) is 4.98 Å². The van der Waals surface area contributed by atoms with Gasteiger partial charge in [-0.15, -0.1) is 0 Å². The molecule has 1 N–H and O–H groups in total. The first-order valence-corrected chi connectivity index (χ1v) is 10.9. The standard InChI is InChI=1S/C27H20F2N2O5/c28-19-8-11-21(22(29)14-19)24-15-30-25(36-24)12-13-26(33)35-16-23(32)17-6-9-20(10-7-17)31-27(34)18-4-2-1-3-5-18/h1-11,14-15H,12-13,16H2,(H,31,34). The Morgan fingerprint density at radius 1 is 0.917 bits per heavy atom. The largest absolute Gasteiger partial charge is 0.457 e. The number of ether oxygens (including phenoxy) is 1. The van der Waals surface area contributed by atoms with Crippen LogP contribution in [0.15, 0.2) is 83.4 Å². The highest BCUT2D eigenvalue weighted by molar-refractivity contribution is 6.04. The number of hydrogen-bond acceptors (Lipinski definition) is 6. The smallest absolute Gasteiger partial charge is 0.306 e. The second kappa shape index (κ2) is 11.2. The molecule has 1 aromatic heterocycles. The molecule has 0 aliphatic rings. The maximum Gasteiger partial charge on any atom is 0.306 e. The molecule has 0 spiro atoms. The molecule has 4 aromatic rings. The van der Waals surface area contributed by atoms with Crippen LogP contribution in [-0.2, 0) is 16.0 Å². The van der Waals surface area contributed by atoms with Gasteiger partial charge >= 0.3 is 5.97 Å². The first-order chi connectivity index (χ1) is 17.4. The highest BCUT2D eigenvalue weighted by Crippen LogP contribution is 2.24. The van der Waals surface area contributed by atoms with Gasteiger partial charge in [-0.1, -0.05) is 18.2 Å². The number of carbonyl (C=O) groups excluding carboxylic acids is 3. The molecule has 9 heteroatoms. The number of nitrogens with one attached hydrogen (secondary N) is 1. The van der Waals surface area contributed by atoms with E-state index in [1.165, 1.54) is 24.4 Å². The molecule has 0 fully saturated rings. The lowest BCUT2D eigenvalue weighted by Gasteiger charge is -2.07. The van der Waals surface area contributed by atoms with Gasteiger partial charge in [0.25, 0.3) is 5.91 Å². The number of aromatic nitrogens is 1. The number of hydrogen-bond donors (Lipinski definition) is 1. The van der Waals surface area contributed by atoms with Gasteiger partial charge in [-0.3, -0.25) is 14.4 Å². The number of halogens is 2. The van der Waals surface area contributed by atoms with Crippen molar-refractivity contribution in [2.24, 2.45) is 0 Å². The summed E-state index contributed by atoms with van der Waals surface area (Å²) in [5, 5.41) is 2.74. The van der Waals surface area contributed by atoms with Crippen molar-refractivity contribution in [2.45, 2.75) is 12.8 Å². The van der Waals surface area contributed by atoms with Crippen molar-refractivity contribution in [2.75, 3.05) is 11.9 Å². The van der Waals surface area contributed by atoms with E-state index in [1.807, 2.05) is 6.07 Å². The minimum atomic E-state index is -0.790. The summed E-state index contributed by atoms with van der Waals surface area (Å²) in [5.41, 5.74) is 1.39. The van der Waals surface area contributed by atoms with E-state index in [-0.39, 0.29) is 36.0 Å². The number of esters is 1. The molecule has 0 bridgehead atoms. The third kappa shape index (κ3) is 6.26. The third-order valence-corrected chi connectivity index (χ3v) is 5.16. The van der Waals surface area contributed by atoms with Gasteiger partial charge in [0.2, 0.25) is 0 Å². The highest BCUT2D eigenvalue weighted by atomic mass is 19.1. The Labute approximate surface area is 204 Å². The number of benzene rings is 3. The number of nitrogens with zero attached hydrogens (tertiary/aromatic N) is 1. The van der Waals surface area contributed by atoms with Gasteiger partial charge in [-0.25, -0.2) is 13.8 Å². The van der Waals surface area contributed by atoms with E-state index in [1.54, 1.807) is 36.4 Å². The molecule has 0 saturated carbocycles. The third-order valence-electron chi connectivity index (χ3n) is 5.16. The molecule has 7 nitrogen and oxygen atoms in total. The van der Waals surface area contributed by atoms with Gasteiger partial charge in [0.15, 0.2) is 24.0 Å². The zero-order valence-electron chi connectivity index (χ0n) is 18.9. The predicted octanol–water partition coefficient (Wildman–Crippen LogP) is 5.23. The quantitative estimate of drug-likeness (QED) is 0.255. The summed E-state index contributed by atoms with van der Waals surface area (Å²) >= 11 is 0. The zero-order chi connectivity index (χ0) is 25.5. The molecule has 4 rings (SSSR count). The molecule has 3 aromatic carbocycles. The van der Waals surface area contributed by atoms with Crippen LogP contribution in [0.3, 0.4) is 0 Å². The molecule has 182 valence electrons. The Bertz CT molecular complexity index is 1390. The molecule has 0 unspecified atom stereocenters. The van der Waals surface area contributed by atoms with Crippen LogP contribution < -0.4 is 5.32 Å². The Balaban J connectivity index is 1.23. The number of amides is 1. The summed E-state index contributed by atoms with van der Waals surface area (Å²) in [6.45, 7) is -0.452. The van der Waals surface area contributed by atoms with Crippen molar-refractivity contribution >= 4 is 23.3 Å². The van der Waals surface area contributed by atoms with Crippen LogP contribution in [0.25, 0.3) is 11.3 Å². The SMILES string of the molecule is O=C(CCc1ncc(-c2ccc(F)cc2F)o1)OCC(=O)c1ccc(NC(=O)c2ccccc2)cc1. The van der Waals surface area contributed by atoms with Gasteiger partial charge in [0.05, 0.1) is 18.2 Å². The summed E-state index contributed by atoms with van der Waals surface area (Å²) in [6.07, 6.45) is 1.25. The van der Waals surface area contributed by atoms with E-state index in [9.17, 15) is 23.2 Å². The summed E-state index contributed by atoms with van der Waals surface area (Å²) in [6, 6.07) is 18.0. The molecule has 0 saturated heterocycles. The van der Waals surface area contributed by atoms with E-state index < -0.39 is 30.0 Å². The van der Waals surface area contributed by atoms with Crippen molar-refractivity contribution in [3.63, 3.8) is 0 Å². The molecule has 0 radical (unpaired) electrons. The van der Waals surface area contributed by atoms with Crippen LogP contribution in [0.2, 0.25) is 0 Å². The Kier molecular flexibility index (Phi) is 7.60. The van der Waals surface area contributed by atoms with Crippen LogP contribution >= 0.6 is 0 Å². The van der Waals surface area contributed by atoms with Crippen molar-refractivity contribution in [3.8, 4) is 11.3 Å². The predicted molar refractivity (Wildman–Crippen MR) is 126 cm³/mol. The molecule has 0 aliphatic carbocycles. The fraction of sp³-hybridized carbons (Fsp3) is 0.111. The zero-order valence-corrected chi connectivity index (χ0v) is 18.9. The maximum atomic E-state index is 13.9. The summed E-state index contributed by atoms with van der Waals surface area (Å²) in [7, 11) is 0. The van der Waals surface area contributed by atoms with E-state index >= 15 is 0 Å². The van der Waals surface area contributed by atoms with E-state index in [2.05, 4.69) is 10.3 Å². The Morgan fingerprint density at radius 3 is 2.39 bits per heavy atom. The number of rotatable bonds is 9. The summed E-state index contributed by atoms with van der Waals surface area (Å²) in [5.74, 6) is -2.54. The number of ketones is 1. The summed E-state index contributed by atoms with van der Waals surface area (Å²) < 4.78 is 37.4. The molecule has 0 aliphatic heterocycles. The molecule has 1 amide bonds. The van der Waals surface area contributed by atoms with Crippen molar-refractivity contribution in [1.29, 1.82) is 0 Å². The Hall–Kier alpha value is -4.66. The lowest BCUT2D eigenvalue weighted by molar-refractivity contribution is -0.142. The van der Waals surface area contributed by atoms with E-state index in [0.717, 1.165) is 12.1 Å². The fourth-order valence-electron chi connectivity index (χ4n) is 3.28. The monoisotopic (exact) mass is 490 g/mol. The average molecular weight is 490 g/mol. The van der Waals surface area contributed by atoms with Crippen LogP contribution in [0.4, 0.5) is 14.5 Å². The van der Waals surface area contributed by atoms with Gasteiger partial charge < -0.3 is 14.5 Å². The van der Waals surface area contributed by atoms with Crippen LogP contribution in [-0.4, -0.2) is 29.3 Å². The van der Waals surface area contributed by atoms with Gasteiger partial charge in [-0.2, -0.15) is 0 Å². The van der Waals surface area contributed by atoms with Crippen LogP contribution in [0.1, 0.15) is 33.0 Å². The van der Waals surface area contributed by atoms with Crippen LogP contribution in [0.5, 0.6) is 0 Å². The number of Topliss-reactive ketones (excluding diaryl/α,β-unsaturated/α-hetero) is 1.